The maximum atomic E-state index is 13.4. The van der Waals surface area contributed by atoms with Gasteiger partial charge in [0.2, 0.25) is 5.91 Å². The third-order valence-electron chi connectivity index (χ3n) is 6.22. The molecule has 2 aliphatic heterocycles. The summed E-state index contributed by atoms with van der Waals surface area (Å²) in [6.07, 6.45) is -0.0649. The molecule has 0 bridgehead atoms. The number of allylic oxidation sites excluding steroid dienone is 1. The fourth-order valence-corrected chi connectivity index (χ4v) is 5.17. The zero-order valence-corrected chi connectivity index (χ0v) is 22.7. The topological polar surface area (TPSA) is 71.4 Å². The van der Waals surface area contributed by atoms with Crippen LogP contribution in [-0.4, -0.2) is 46.5 Å². The van der Waals surface area contributed by atoms with Crippen molar-refractivity contribution < 1.29 is 19.1 Å². The molecular formula is C29H33N3O4S. The average Bonchev–Trinajstić information content (AvgIpc) is 3.28. The highest BCUT2D eigenvalue weighted by atomic mass is 32.2. The SMILES string of the molecule is CCN(C)C(=O)CC1=CSC2=NC(C)=C(C(=O)OC(C)C)[C@@H](c3cccc(OCc4ccccc4)c3)N12. The van der Waals surface area contributed by atoms with Crippen molar-refractivity contribution in [2.45, 2.75) is 52.9 Å². The minimum atomic E-state index is -0.500. The molecule has 0 unspecified atom stereocenters. The minimum absolute atomic E-state index is 0.00637. The molecule has 2 aromatic rings. The van der Waals surface area contributed by atoms with Gasteiger partial charge in [-0.2, -0.15) is 0 Å². The van der Waals surface area contributed by atoms with Gasteiger partial charge in [-0.15, -0.1) is 0 Å². The van der Waals surface area contributed by atoms with Crippen LogP contribution in [0.4, 0.5) is 0 Å². The first-order chi connectivity index (χ1) is 17.8. The van der Waals surface area contributed by atoms with Gasteiger partial charge in [-0.3, -0.25) is 4.79 Å². The summed E-state index contributed by atoms with van der Waals surface area (Å²) in [5.74, 6) is 0.287. The normalized spacial score (nSPS) is 16.8. The summed E-state index contributed by atoms with van der Waals surface area (Å²) < 4.78 is 11.7. The molecule has 2 aromatic carbocycles. The quantitative estimate of drug-likeness (QED) is 0.398. The van der Waals surface area contributed by atoms with Gasteiger partial charge in [0.25, 0.3) is 0 Å². The van der Waals surface area contributed by atoms with E-state index < -0.39 is 12.0 Å². The largest absolute Gasteiger partial charge is 0.489 e. The molecule has 0 aliphatic carbocycles. The predicted molar refractivity (Wildman–Crippen MR) is 147 cm³/mol. The molecule has 0 N–H and O–H groups in total. The van der Waals surface area contributed by atoms with Gasteiger partial charge in [0.1, 0.15) is 12.4 Å². The lowest BCUT2D eigenvalue weighted by atomic mass is 9.93. The van der Waals surface area contributed by atoms with Crippen LogP contribution in [0.5, 0.6) is 5.75 Å². The minimum Gasteiger partial charge on any atom is -0.489 e. The second-order valence-corrected chi connectivity index (χ2v) is 10.1. The Morgan fingerprint density at radius 2 is 1.89 bits per heavy atom. The molecule has 2 aliphatic rings. The lowest BCUT2D eigenvalue weighted by Crippen LogP contribution is -2.38. The monoisotopic (exact) mass is 519 g/mol. The molecule has 7 nitrogen and oxygen atoms in total. The van der Waals surface area contributed by atoms with E-state index in [4.69, 9.17) is 14.5 Å². The van der Waals surface area contributed by atoms with Gasteiger partial charge in [0.05, 0.1) is 29.8 Å². The van der Waals surface area contributed by atoms with Crippen LogP contribution in [0.15, 0.2) is 82.0 Å². The summed E-state index contributed by atoms with van der Waals surface area (Å²) in [7, 11) is 1.79. The first kappa shape index (κ1) is 26.5. The maximum absolute atomic E-state index is 13.4. The summed E-state index contributed by atoms with van der Waals surface area (Å²) in [6, 6.07) is 17.2. The van der Waals surface area contributed by atoms with E-state index in [2.05, 4.69) is 0 Å². The lowest BCUT2D eigenvalue weighted by molar-refractivity contribution is -0.143. The summed E-state index contributed by atoms with van der Waals surface area (Å²) in [5.41, 5.74) is 3.80. The van der Waals surface area contributed by atoms with Crippen LogP contribution in [0.3, 0.4) is 0 Å². The Labute approximate surface area is 222 Å². The molecule has 0 aromatic heterocycles. The fourth-order valence-electron chi connectivity index (χ4n) is 4.21. The molecule has 8 heteroatoms. The van der Waals surface area contributed by atoms with Crippen molar-refractivity contribution in [3.63, 3.8) is 0 Å². The number of hydrogen-bond acceptors (Lipinski definition) is 7. The van der Waals surface area contributed by atoms with E-state index in [0.29, 0.717) is 30.2 Å². The number of aliphatic imine (C=N–C) groups is 1. The zero-order chi connectivity index (χ0) is 26.5. The molecule has 194 valence electrons. The summed E-state index contributed by atoms with van der Waals surface area (Å²) >= 11 is 1.46. The van der Waals surface area contributed by atoms with Crippen molar-refractivity contribution in [1.82, 2.24) is 9.80 Å². The number of thioether (sulfide) groups is 1. The predicted octanol–water partition coefficient (Wildman–Crippen LogP) is 5.66. The van der Waals surface area contributed by atoms with Gasteiger partial charge in [-0.1, -0.05) is 54.2 Å². The first-order valence-corrected chi connectivity index (χ1v) is 13.3. The molecule has 0 spiro atoms. The number of carbonyl (C=O) groups is 2. The van der Waals surface area contributed by atoms with E-state index >= 15 is 0 Å². The molecule has 1 amide bonds. The zero-order valence-electron chi connectivity index (χ0n) is 21.9. The molecule has 2 heterocycles. The van der Waals surface area contributed by atoms with Crippen molar-refractivity contribution >= 4 is 28.8 Å². The van der Waals surface area contributed by atoms with Crippen molar-refractivity contribution in [1.29, 1.82) is 0 Å². The van der Waals surface area contributed by atoms with Crippen molar-refractivity contribution in [2.24, 2.45) is 4.99 Å². The highest BCUT2D eigenvalue weighted by molar-refractivity contribution is 8.16. The van der Waals surface area contributed by atoms with E-state index in [1.807, 2.05) is 92.6 Å². The molecular weight excluding hydrogens is 486 g/mol. The molecule has 1 atom stereocenters. The van der Waals surface area contributed by atoms with Crippen molar-refractivity contribution in [2.75, 3.05) is 13.6 Å². The van der Waals surface area contributed by atoms with Crippen LogP contribution in [-0.2, 0) is 20.9 Å². The third-order valence-corrected chi connectivity index (χ3v) is 7.11. The van der Waals surface area contributed by atoms with Gasteiger partial charge in [0.15, 0.2) is 5.17 Å². The van der Waals surface area contributed by atoms with Crippen molar-refractivity contribution in [3.05, 3.63) is 88.1 Å². The Hall–Kier alpha value is -3.52. The van der Waals surface area contributed by atoms with Crippen LogP contribution in [0.25, 0.3) is 0 Å². The number of fused-ring (bicyclic) bond motifs is 1. The highest BCUT2D eigenvalue weighted by Crippen LogP contribution is 2.45. The van der Waals surface area contributed by atoms with E-state index in [1.54, 1.807) is 11.9 Å². The Kier molecular flexibility index (Phi) is 8.38. The number of amidine groups is 1. The van der Waals surface area contributed by atoms with Crippen LogP contribution in [0.1, 0.15) is 51.3 Å². The van der Waals surface area contributed by atoms with Gasteiger partial charge < -0.3 is 19.3 Å². The number of hydrogen-bond donors (Lipinski definition) is 0. The Morgan fingerprint density at radius 3 is 2.59 bits per heavy atom. The standard InChI is InChI=1S/C29H33N3O4S/c1-6-31(5)25(33)16-23-18-37-29-30-20(4)26(28(34)36-19(2)3)27(32(23)29)22-13-10-14-24(15-22)35-17-21-11-8-7-9-12-21/h7-15,18-19,27H,6,16-17H2,1-5H3/t27-/m1/s1. The van der Waals surface area contributed by atoms with Gasteiger partial charge in [-0.25, -0.2) is 9.79 Å². The van der Waals surface area contributed by atoms with Crippen LogP contribution in [0.2, 0.25) is 0 Å². The lowest BCUT2D eigenvalue weighted by Gasteiger charge is -2.36. The maximum Gasteiger partial charge on any atom is 0.338 e. The first-order valence-electron chi connectivity index (χ1n) is 12.4. The fraction of sp³-hybridized carbons (Fsp3) is 0.345. The number of nitrogens with zero attached hydrogens (tertiary/aromatic N) is 3. The van der Waals surface area contributed by atoms with Crippen molar-refractivity contribution in [3.8, 4) is 5.75 Å². The molecule has 0 saturated carbocycles. The number of benzene rings is 2. The van der Waals surface area contributed by atoms with Crippen LogP contribution >= 0.6 is 11.8 Å². The van der Waals surface area contributed by atoms with E-state index in [9.17, 15) is 9.59 Å². The van der Waals surface area contributed by atoms with Crippen LogP contribution < -0.4 is 4.74 Å². The number of esters is 1. The number of amides is 1. The highest BCUT2D eigenvalue weighted by Gasteiger charge is 2.41. The molecule has 0 saturated heterocycles. The molecule has 0 radical (unpaired) electrons. The van der Waals surface area contributed by atoms with Gasteiger partial charge >= 0.3 is 5.97 Å². The van der Waals surface area contributed by atoms with Crippen LogP contribution in [0, 0.1) is 0 Å². The molecule has 37 heavy (non-hydrogen) atoms. The Balaban J connectivity index is 1.70. The number of rotatable bonds is 9. The number of carbonyl (C=O) groups excluding carboxylic acids is 2. The second kappa shape index (κ2) is 11.7. The summed E-state index contributed by atoms with van der Waals surface area (Å²) in [5, 5.41) is 2.69. The van der Waals surface area contributed by atoms with Gasteiger partial charge in [0, 0.05) is 19.3 Å². The van der Waals surface area contributed by atoms with Gasteiger partial charge in [-0.05, 0) is 56.4 Å². The summed E-state index contributed by atoms with van der Waals surface area (Å²) in [4.78, 5) is 34.6. The van der Waals surface area contributed by atoms with E-state index in [0.717, 1.165) is 22.0 Å². The third kappa shape index (κ3) is 6.07. The number of ether oxygens (including phenoxy) is 2. The molecule has 4 rings (SSSR count). The average molecular weight is 520 g/mol. The Bertz CT molecular complexity index is 1250. The summed E-state index contributed by atoms with van der Waals surface area (Å²) in [6.45, 7) is 8.48. The van der Waals surface area contributed by atoms with E-state index in [1.165, 1.54) is 11.8 Å². The smallest absolute Gasteiger partial charge is 0.338 e. The molecule has 0 fully saturated rings. The van der Waals surface area contributed by atoms with E-state index in [-0.39, 0.29) is 18.4 Å². The Morgan fingerprint density at radius 1 is 1.14 bits per heavy atom. The second-order valence-electron chi connectivity index (χ2n) is 9.28.